The average molecular weight is 136 g/mol. The van der Waals surface area contributed by atoms with E-state index in [0.29, 0.717) is 0 Å². The molecule has 0 aliphatic heterocycles. The molecule has 0 fully saturated rings. The maximum Gasteiger partial charge on any atom is -0.00471 e. The molecule has 1 atom stereocenters. The molecule has 0 amide bonds. The summed E-state index contributed by atoms with van der Waals surface area (Å²) >= 11 is 0. The van der Waals surface area contributed by atoms with E-state index in [2.05, 4.69) is 32.1 Å². The maximum atomic E-state index is 2.39. The molecule has 0 bridgehead atoms. The van der Waals surface area contributed by atoms with Gasteiger partial charge in [-0.05, 0) is 18.8 Å². The van der Waals surface area contributed by atoms with E-state index in [4.69, 9.17) is 0 Å². The predicted molar refractivity (Wildman–Crippen MR) is 45.9 cm³/mol. The van der Waals surface area contributed by atoms with Crippen molar-refractivity contribution in [2.24, 2.45) is 5.92 Å². The van der Waals surface area contributed by atoms with Gasteiger partial charge in [0.25, 0.3) is 0 Å². The Hall–Kier alpha value is -0.520. The highest BCUT2D eigenvalue weighted by atomic mass is 14.1. The minimum atomic E-state index is 0.738. The maximum absolute atomic E-state index is 2.39. The first-order valence-electron chi connectivity index (χ1n) is 4.25. The third kappa shape index (κ3) is 1.73. The molecule has 0 saturated carbocycles. The van der Waals surface area contributed by atoms with E-state index < -0.39 is 0 Å². The summed E-state index contributed by atoms with van der Waals surface area (Å²) in [7, 11) is 0. The van der Waals surface area contributed by atoms with Crippen LogP contribution >= 0.6 is 0 Å². The molecule has 0 saturated heterocycles. The van der Waals surface area contributed by atoms with Gasteiger partial charge in [0.1, 0.15) is 0 Å². The van der Waals surface area contributed by atoms with Crippen molar-refractivity contribution < 1.29 is 0 Å². The summed E-state index contributed by atoms with van der Waals surface area (Å²) in [5.74, 6) is 0.738. The van der Waals surface area contributed by atoms with Gasteiger partial charge in [-0.1, -0.05) is 44.1 Å². The van der Waals surface area contributed by atoms with Crippen molar-refractivity contribution in [1.29, 1.82) is 0 Å². The van der Waals surface area contributed by atoms with Crippen LogP contribution in [0.3, 0.4) is 0 Å². The van der Waals surface area contributed by atoms with E-state index in [0.717, 1.165) is 5.92 Å². The summed E-state index contributed by atoms with van der Waals surface area (Å²) < 4.78 is 0. The molecular formula is C10H16. The molecule has 56 valence electrons. The zero-order valence-corrected chi connectivity index (χ0v) is 6.93. The van der Waals surface area contributed by atoms with Crippen molar-refractivity contribution in [3.05, 3.63) is 23.8 Å². The molecule has 0 aromatic carbocycles. The topological polar surface area (TPSA) is 0 Å². The van der Waals surface area contributed by atoms with Gasteiger partial charge in [-0.25, -0.2) is 0 Å². The highest BCUT2D eigenvalue weighted by molar-refractivity contribution is 5.28. The van der Waals surface area contributed by atoms with Crippen LogP contribution in [0.4, 0.5) is 0 Å². The van der Waals surface area contributed by atoms with Crippen molar-refractivity contribution in [1.82, 2.24) is 0 Å². The fourth-order valence-electron chi connectivity index (χ4n) is 1.34. The van der Waals surface area contributed by atoms with Gasteiger partial charge in [0.2, 0.25) is 0 Å². The van der Waals surface area contributed by atoms with Crippen LogP contribution < -0.4 is 0 Å². The van der Waals surface area contributed by atoms with E-state index in [1.807, 2.05) is 0 Å². The van der Waals surface area contributed by atoms with Crippen LogP contribution in [0.25, 0.3) is 0 Å². The van der Waals surface area contributed by atoms with Crippen LogP contribution in [0.5, 0.6) is 0 Å². The largest absolute Gasteiger partial charge is 0.0774 e. The lowest BCUT2D eigenvalue weighted by molar-refractivity contribution is 0.779. The molecule has 1 unspecified atom stereocenters. The summed E-state index contributed by atoms with van der Waals surface area (Å²) in [6.07, 6.45) is 10.8. The van der Waals surface area contributed by atoms with Crippen molar-refractivity contribution in [3.8, 4) is 0 Å². The van der Waals surface area contributed by atoms with Gasteiger partial charge in [-0.15, -0.1) is 0 Å². The van der Waals surface area contributed by atoms with Crippen molar-refractivity contribution in [2.45, 2.75) is 33.1 Å². The Morgan fingerprint density at radius 2 is 2.20 bits per heavy atom. The molecule has 0 heterocycles. The fourth-order valence-corrected chi connectivity index (χ4v) is 1.34. The third-order valence-corrected chi connectivity index (χ3v) is 2.00. The van der Waals surface area contributed by atoms with Crippen LogP contribution in [0, 0.1) is 5.92 Å². The molecule has 1 rings (SSSR count). The van der Waals surface area contributed by atoms with Gasteiger partial charge >= 0.3 is 0 Å². The zero-order valence-electron chi connectivity index (χ0n) is 6.93. The van der Waals surface area contributed by atoms with Gasteiger partial charge in [-0.2, -0.15) is 0 Å². The van der Waals surface area contributed by atoms with Crippen LogP contribution in [0.2, 0.25) is 0 Å². The second-order valence-corrected chi connectivity index (χ2v) is 2.92. The quantitative estimate of drug-likeness (QED) is 0.558. The van der Waals surface area contributed by atoms with Crippen LogP contribution in [-0.2, 0) is 0 Å². The molecule has 0 heteroatoms. The molecule has 0 aromatic rings. The van der Waals surface area contributed by atoms with E-state index in [-0.39, 0.29) is 0 Å². The summed E-state index contributed by atoms with van der Waals surface area (Å²) in [6, 6.07) is 0. The first-order valence-corrected chi connectivity index (χ1v) is 4.25. The third-order valence-electron chi connectivity index (χ3n) is 2.00. The lowest BCUT2D eigenvalue weighted by Crippen LogP contribution is -1.83. The molecule has 1 aliphatic carbocycles. The summed E-state index contributed by atoms with van der Waals surface area (Å²) in [4.78, 5) is 0. The summed E-state index contributed by atoms with van der Waals surface area (Å²) in [5.41, 5.74) is 1.54. The highest BCUT2D eigenvalue weighted by Crippen LogP contribution is 2.21. The predicted octanol–water partition coefficient (Wildman–Crippen LogP) is 3.31. The Labute approximate surface area is 63.6 Å². The van der Waals surface area contributed by atoms with Crippen LogP contribution in [0.1, 0.15) is 33.1 Å². The summed E-state index contributed by atoms with van der Waals surface area (Å²) in [6.45, 7) is 4.47. The Bertz CT molecular complexity index is 151. The van der Waals surface area contributed by atoms with Crippen LogP contribution in [-0.4, -0.2) is 0 Å². The average Bonchev–Trinajstić information content (AvgIpc) is 2.37. The molecule has 10 heavy (non-hydrogen) atoms. The zero-order chi connectivity index (χ0) is 7.40. The smallest absolute Gasteiger partial charge is 0.00471 e. The lowest BCUT2D eigenvalue weighted by atomic mass is 10.1. The molecule has 0 spiro atoms. The van der Waals surface area contributed by atoms with Crippen molar-refractivity contribution in [2.75, 3.05) is 0 Å². The fraction of sp³-hybridized carbons (Fsp3) is 0.600. The van der Waals surface area contributed by atoms with Crippen molar-refractivity contribution in [3.63, 3.8) is 0 Å². The molecule has 0 N–H and O–H groups in total. The SMILES string of the molecule is CCCC1=CC(CC)C=C1. The Morgan fingerprint density at radius 3 is 2.70 bits per heavy atom. The van der Waals surface area contributed by atoms with Gasteiger partial charge in [0.05, 0.1) is 0 Å². The normalized spacial score (nSPS) is 23.4. The number of allylic oxidation sites excluding steroid dienone is 4. The van der Waals surface area contributed by atoms with Gasteiger partial charge in [0, 0.05) is 0 Å². The van der Waals surface area contributed by atoms with Crippen LogP contribution in [0.15, 0.2) is 23.8 Å². The van der Waals surface area contributed by atoms with Gasteiger partial charge < -0.3 is 0 Å². The lowest BCUT2D eigenvalue weighted by Gasteiger charge is -1.96. The first-order chi connectivity index (χ1) is 4.86. The highest BCUT2D eigenvalue weighted by Gasteiger charge is 2.05. The second-order valence-electron chi connectivity index (χ2n) is 2.92. The Kier molecular flexibility index (Phi) is 2.73. The Balaban J connectivity index is 2.42. The first kappa shape index (κ1) is 7.59. The van der Waals surface area contributed by atoms with E-state index in [9.17, 15) is 0 Å². The van der Waals surface area contributed by atoms with Gasteiger partial charge in [0.15, 0.2) is 0 Å². The van der Waals surface area contributed by atoms with E-state index >= 15 is 0 Å². The van der Waals surface area contributed by atoms with E-state index in [1.165, 1.54) is 24.8 Å². The molecular weight excluding hydrogens is 120 g/mol. The Morgan fingerprint density at radius 1 is 1.40 bits per heavy atom. The van der Waals surface area contributed by atoms with Gasteiger partial charge in [-0.3, -0.25) is 0 Å². The minimum Gasteiger partial charge on any atom is -0.0774 e. The minimum absolute atomic E-state index is 0.738. The molecule has 0 aromatic heterocycles. The molecule has 0 nitrogen and oxygen atoms in total. The number of rotatable bonds is 3. The summed E-state index contributed by atoms with van der Waals surface area (Å²) in [5, 5.41) is 0. The van der Waals surface area contributed by atoms with Crippen molar-refractivity contribution >= 4 is 0 Å². The standard InChI is InChI=1S/C10H16/c1-3-5-10-7-6-9(4-2)8-10/h6-9H,3-5H2,1-2H3. The molecule has 0 radical (unpaired) electrons. The number of hydrogen-bond donors (Lipinski definition) is 0. The second kappa shape index (κ2) is 3.60. The number of hydrogen-bond acceptors (Lipinski definition) is 0. The molecule has 1 aliphatic rings. The van der Waals surface area contributed by atoms with E-state index in [1.54, 1.807) is 0 Å². The monoisotopic (exact) mass is 136 g/mol.